The van der Waals surface area contributed by atoms with E-state index in [2.05, 4.69) is 58.3 Å². The van der Waals surface area contributed by atoms with E-state index >= 15 is 0 Å². The third-order valence-electron chi connectivity index (χ3n) is 7.32. The normalized spacial score (nSPS) is 15.8. The summed E-state index contributed by atoms with van der Waals surface area (Å²) in [5, 5.41) is 13.8. The molecule has 1 aliphatic rings. The van der Waals surface area contributed by atoms with Crippen LogP contribution in [-0.2, 0) is 5.54 Å². The zero-order valence-electron chi connectivity index (χ0n) is 21.1. The van der Waals surface area contributed by atoms with Gasteiger partial charge in [-0.25, -0.2) is 9.07 Å². The quantitative estimate of drug-likeness (QED) is 0.416. The molecule has 2 aromatic carbocycles. The van der Waals surface area contributed by atoms with Crippen LogP contribution in [-0.4, -0.2) is 43.2 Å². The molecule has 1 unspecified atom stereocenters. The summed E-state index contributed by atoms with van der Waals surface area (Å²) >= 11 is 0. The van der Waals surface area contributed by atoms with Crippen LogP contribution in [0.1, 0.15) is 62.2 Å². The van der Waals surface area contributed by atoms with Gasteiger partial charge in [-0.05, 0) is 90.9 Å². The number of nitrogens with zero attached hydrogens (tertiary/aromatic N) is 5. The van der Waals surface area contributed by atoms with Gasteiger partial charge in [-0.3, -0.25) is 9.69 Å². The first-order valence-electron chi connectivity index (χ1n) is 12.4. The number of aromatic amines is 1. The average molecular weight is 487 g/mol. The van der Waals surface area contributed by atoms with Crippen LogP contribution in [0.4, 0.5) is 4.39 Å². The highest BCUT2D eigenvalue weighted by Gasteiger charge is 2.34. The van der Waals surface area contributed by atoms with Crippen molar-refractivity contribution in [3.8, 4) is 0 Å². The van der Waals surface area contributed by atoms with E-state index in [1.165, 1.54) is 17.7 Å². The van der Waals surface area contributed by atoms with E-state index in [-0.39, 0.29) is 16.9 Å². The maximum Gasteiger partial charge on any atom is 0.253 e. The van der Waals surface area contributed by atoms with Gasteiger partial charge in [0.1, 0.15) is 11.9 Å². The molecule has 0 spiro atoms. The zero-order valence-corrected chi connectivity index (χ0v) is 21.1. The van der Waals surface area contributed by atoms with Gasteiger partial charge < -0.3 is 4.98 Å². The summed E-state index contributed by atoms with van der Waals surface area (Å²) in [6.07, 6.45) is 3.76. The molecule has 0 amide bonds. The van der Waals surface area contributed by atoms with Crippen LogP contribution in [0.5, 0.6) is 0 Å². The molecule has 0 aliphatic carbocycles. The van der Waals surface area contributed by atoms with Crippen molar-refractivity contribution in [1.82, 2.24) is 30.1 Å². The summed E-state index contributed by atoms with van der Waals surface area (Å²) < 4.78 is 15.3. The van der Waals surface area contributed by atoms with E-state index in [0.29, 0.717) is 24.5 Å². The first-order chi connectivity index (χ1) is 17.3. The number of nitrogens with one attached hydrogen (secondary N) is 1. The summed E-state index contributed by atoms with van der Waals surface area (Å²) in [7, 11) is 0. The maximum absolute atomic E-state index is 13.4. The van der Waals surface area contributed by atoms with Gasteiger partial charge in [-0.15, -0.1) is 5.10 Å². The van der Waals surface area contributed by atoms with Crippen LogP contribution in [0, 0.1) is 12.7 Å². The van der Waals surface area contributed by atoms with Gasteiger partial charge in [0.2, 0.25) is 0 Å². The lowest BCUT2D eigenvalue weighted by Gasteiger charge is -2.35. The molecule has 0 fully saturated rings. The van der Waals surface area contributed by atoms with Crippen LogP contribution in [0.2, 0.25) is 0 Å². The van der Waals surface area contributed by atoms with Crippen molar-refractivity contribution >= 4 is 16.5 Å². The van der Waals surface area contributed by atoms with Crippen LogP contribution < -0.4 is 5.56 Å². The average Bonchev–Trinajstić information content (AvgIpc) is 3.36. The van der Waals surface area contributed by atoms with E-state index in [1.54, 1.807) is 0 Å². The number of hydrogen-bond donors (Lipinski definition) is 1. The Morgan fingerprint density at radius 1 is 1.14 bits per heavy atom. The fraction of sp³-hybridized carbons (Fsp3) is 0.357. The van der Waals surface area contributed by atoms with Crippen molar-refractivity contribution in [2.24, 2.45) is 0 Å². The molecule has 8 heteroatoms. The van der Waals surface area contributed by atoms with Gasteiger partial charge in [0, 0.05) is 24.2 Å². The molecule has 0 saturated heterocycles. The van der Waals surface area contributed by atoms with Gasteiger partial charge in [0.05, 0.1) is 5.54 Å². The number of H-pyrrole nitrogens is 1. The molecule has 2 aromatic heterocycles. The van der Waals surface area contributed by atoms with Crippen LogP contribution in [0.3, 0.4) is 0 Å². The summed E-state index contributed by atoms with van der Waals surface area (Å²) in [6.45, 7) is 9.66. The standard InChI is InChI=1S/C28H31FN6O/c1-5-28(3,4)35-26(31-32-33-35)25(23-17-21-16-18(2)6-11-24(21)30-27(23)36)34-14-12-20(13-15-34)19-7-9-22(29)10-8-19/h6-12,16-17,25H,5,13-15H2,1-4H3,(H,30,36). The number of pyridine rings is 1. The van der Waals surface area contributed by atoms with Crippen molar-refractivity contribution in [3.05, 3.63) is 93.3 Å². The number of hydrogen-bond acceptors (Lipinski definition) is 5. The lowest BCUT2D eigenvalue weighted by molar-refractivity contribution is 0.211. The number of aromatic nitrogens is 5. The monoisotopic (exact) mass is 486 g/mol. The smallest absolute Gasteiger partial charge is 0.253 e. The molecule has 1 aliphatic heterocycles. The molecule has 0 radical (unpaired) electrons. The Hall–Kier alpha value is -3.65. The molecule has 4 aromatic rings. The maximum atomic E-state index is 13.4. The predicted molar refractivity (Wildman–Crippen MR) is 139 cm³/mol. The molecule has 1 atom stereocenters. The summed E-state index contributed by atoms with van der Waals surface area (Å²) in [6, 6.07) is 14.2. The fourth-order valence-electron chi connectivity index (χ4n) is 4.84. The Kier molecular flexibility index (Phi) is 6.30. The number of benzene rings is 2. The molecule has 0 bridgehead atoms. The zero-order chi connectivity index (χ0) is 25.4. The van der Waals surface area contributed by atoms with E-state index in [9.17, 15) is 9.18 Å². The molecular weight excluding hydrogens is 455 g/mol. The van der Waals surface area contributed by atoms with Gasteiger partial charge in [0.25, 0.3) is 5.56 Å². The van der Waals surface area contributed by atoms with Gasteiger partial charge in [-0.2, -0.15) is 0 Å². The molecule has 186 valence electrons. The number of fused-ring (bicyclic) bond motifs is 1. The van der Waals surface area contributed by atoms with Crippen LogP contribution >= 0.6 is 0 Å². The third-order valence-corrected chi connectivity index (χ3v) is 7.32. The Labute approximate surface area is 209 Å². The van der Waals surface area contributed by atoms with E-state index in [4.69, 9.17) is 0 Å². The van der Waals surface area contributed by atoms with Crippen LogP contribution in [0.25, 0.3) is 16.5 Å². The second kappa shape index (κ2) is 9.43. The van der Waals surface area contributed by atoms with E-state index < -0.39 is 6.04 Å². The second-order valence-corrected chi connectivity index (χ2v) is 10.1. The number of halogens is 1. The number of rotatable bonds is 6. The highest BCUT2D eigenvalue weighted by molar-refractivity contribution is 5.80. The minimum absolute atomic E-state index is 0.145. The molecule has 1 N–H and O–H groups in total. The number of aryl methyl sites for hydroxylation is 1. The Morgan fingerprint density at radius 3 is 2.61 bits per heavy atom. The van der Waals surface area contributed by atoms with Crippen molar-refractivity contribution in [1.29, 1.82) is 0 Å². The van der Waals surface area contributed by atoms with Crippen molar-refractivity contribution in [2.45, 2.75) is 52.1 Å². The minimum atomic E-state index is -0.425. The molecular formula is C28H31FN6O. The molecule has 0 saturated carbocycles. The highest BCUT2D eigenvalue weighted by atomic mass is 19.1. The number of tetrazole rings is 1. The summed E-state index contributed by atoms with van der Waals surface area (Å²) in [5.41, 5.74) is 4.27. The van der Waals surface area contributed by atoms with Crippen molar-refractivity contribution in [3.63, 3.8) is 0 Å². The SMILES string of the molecule is CCC(C)(C)n1nnnc1C(c1cc2cc(C)ccc2[nH]c1=O)N1CC=C(c2ccc(F)cc2)CC1. The highest BCUT2D eigenvalue weighted by Crippen LogP contribution is 2.33. The predicted octanol–water partition coefficient (Wildman–Crippen LogP) is 4.99. The summed E-state index contributed by atoms with van der Waals surface area (Å²) in [4.78, 5) is 18.7. The fourth-order valence-corrected chi connectivity index (χ4v) is 4.84. The Balaban J connectivity index is 1.61. The summed E-state index contributed by atoms with van der Waals surface area (Å²) in [5.74, 6) is 0.408. The Morgan fingerprint density at radius 2 is 1.92 bits per heavy atom. The van der Waals surface area contributed by atoms with Crippen LogP contribution in [0.15, 0.2) is 59.4 Å². The third kappa shape index (κ3) is 4.48. The lowest BCUT2D eigenvalue weighted by Crippen LogP contribution is -2.40. The van der Waals surface area contributed by atoms with Gasteiger partial charge in [-0.1, -0.05) is 36.8 Å². The van der Waals surface area contributed by atoms with Crippen molar-refractivity contribution in [2.75, 3.05) is 13.1 Å². The first kappa shape index (κ1) is 24.1. The van der Waals surface area contributed by atoms with Gasteiger partial charge in [0.15, 0.2) is 5.82 Å². The molecule has 7 nitrogen and oxygen atoms in total. The van der Waals surface area contributed by atoms with E-state index in [0.717, 1.165) is 34.9 Å². The van der Waals surface area contributed by atoms with E-state index in [1.807, 2.05) is 41.9 Å². The minimum Gasteiger partial charge on any atom is -0.322 e. The van der Waals surface area contributed by atoms with Gasteiger partial charge >= 0.3 is 0 Å². The topological polar surface area (TPSA) is 79.7 Å². The largest absolute Gasteiger partial charge is 0.322 e. The molecule has 3 heterocycles. The second-order valence-electron chi connectivity index (χ2n) is 10.1. The first-order valence-corrected chi connectivity index (χ1v) is 12.4. The molecule has 5 rings (SSSR count). The van der Waals surface area contributed by atoms with Crippen molar-refractivity contribution < 1.29 is 4.39 Å². The Bertz CT molecular complexity index is 1480. The lowest BCUT2D eigenvalue weighted by atomic mass is 9.95. The molecule has 36 heavy (non-hydrogen) atoms.